The first-order valence-corrected chi connectivity index (χ1v) is 12.0. The molecule has 1 atom stereocenters. The fraction of sp³-hybridized carbons (Fsp3) is 0.200. The summed E-state index contributed by atoms with van der Waals surface area (Å²) >= 11 is 0. The first-order valence-electron chi connectivity index (χ1n) is 12.0. The van der Waals surface area contributed by atoms with Crippen LogP contribution in [-0.2, 0) is 14.1 Å². The smallest absolute Gasteiger partial charge is 0.331 e. The Hall–Kier alpha value is -4.32. The lowest BCUT2D eigenvalue weighted by Gasteiger charge is -2.30. The van der Waals surface area contributed by atoms with E-state index in [1.54, 1.807) is 11.6 Å². The third kappa shape index (κ3) is 3.10. The highest BCUT2D eigenvalue weighted by Crippen LogP contribution is 2.46. The maximum Gasteiger partial charge on any atom is 0.331 e. The van der Waals surface area contributed by atoms with Crippen LogP contribution in [0.1, 0.15) is 34.1 Å². The zero-order valence-electron chi connectivity index (χ0n) is 21.0. The molecule has 0 saturated heterocycles. The standard InChI is InChI=1S/C30H27N3O3/c1-17-9-12-20(13-10-17)25-24-26(31(4)30(35)32(5)29(24)34)27-28(21-8-6-7-18(2)15-21)36-23-14-11-19(3)16-22(23)33(25)27/h6-16,28H,1-5H3/t28-/m0/s1. The van der Waals surface area contributed by atoms with Crippen molar-refractivity contribution < 1.29 is 4.74 Å². The van der Waals surface area contributed by atoms with Gasteiger partial charge in [0, 0.05) is 14.1 Å². The minimum Gasteiger partial charge on any atom is -0.477 e. The summed E-state index contributed by atoms with van der Waals surface area (Å²) in [6.45, 7) is 6.12. The molecule has 0 amide bonds. The third-order valence-electron chi connectivity index (χ3n) is 7.13. The van der Waals surface area contributed by atoms with Crippen molar-refractivity contribution in [3.8, 4) is 22.7 Å². The molecule has 6 heteroatoms. The number of fused-ring (bicyclic) bond motifs is 5. The average molecular weight is 478 g/mol. The number of aryl methyl sites for hydroxylation is 4. The van der Waals surface area contributed by atoms with Gasteiger partial charge >= 0.3 is 5.69 Å². The highest BCUT2D eigenvalue weighted by molar-refractivity contribution is 5.98. The van der Waals surface area contributed by atoms with Gasteiger partial charge in [0.25, 0.3) is 5.56 Å². The van der Waals surface area contributed by atoms with E-state index >= 15 is 0 Å². The van der Waals surface area contributed by atoms with Crippen LogP contribution >= 0.6 is 0 Å². The fourth-order valence-electron chi connectivity index (χ4n) is 5.32. The summed E-state index contributed by atoms with van der Waals surface area (Å²) in [4.78, 5) is 26.9. The summed E-state index contributed by atoms with van der Waals surface area (Å²) < 4.78 is 11.5. The monoisotopic (exact) mass is 477 g/mol. The molecule has 0 radical (unpaired) electrons. The molecule has 0 unspecified atom stereocenters. The van der Waals surface area contributed by atoms with Crippen molar-refractivity contribution in [3.63, 3.8) is 0 Å². The van der Waals surface area contributed by atoms with Gasteiger partial charge in [0.1, 0.15) is 5.75 Å². The molecule has 3 heterocycles. The Bertz CT molecular complexity index is 1800. The summed E-state index contributed by atoms with van der Waals surface area (Å²) in [5.41, 5.74) is 7.50. The van der Waals surface area contributed by atoms with Crippen molar-refractivity contribution in [1.82, 2.24) is 13.7 Å². The number of rotatable bonds is 2. The zero-order valence-corrected chi connectivity index (χ0v) is 21.0. The lowest BCUT2D eigenvalue weighted by atomic mass is 10.0. The quantitative estimate of drug-likeness (QED) is 0.355. The fourth-order valence-corrected chi connectivity index (χ4v) is 5.32. The van der Waals surface area contributed by atoms with Gasteiger partial charge in [0.2, 0.25) is 0 Å². The number of hydrogen-bond acceptors (Lipinski definition) is 3. The van der Waals surface area contributed by atoms with Gasteiger partial charge in [0.05, 0.1) is 28.0 Å². The Morgan fingerprint density at radius 2 is 1.47 bits per heavy atom. The number of aromatic nitrogens is 3. The number of ether oxygens (including phenoxy) is 1. The molecule has 0 aliphatic carbocycles. The van der Waals surface area contributed by atoms with Crippen LogP contribution < -0.4 is 16.0 Å². The van der Waals surface area contributed by atoms with Crippen LogP contribution in [0.15, 0.2) is 76.3 Å². The van der Waals surface area contributed by atoms with E-state index < -0.39 is 6.10 Å². The molecular formula is C30H27N3O3. The molecule has 1 aliphatic rings. The number of nitrogens with zero attached hydrogens (tertiary/aromatic N) is 3. The van der Waals surface area contributed by atoms with Gasteiger partial charge in [-0.3, -0.25) is 13.9 Å². The zero-order chi connectivity index (χ0) is 25.3. The minimum absolute atomic E-state index is 0.317. The molecule has 36 heavy (non-hydrogen) atoms. The van der Waals surface area contributed by atoms with E-state index in [1.165, 1.54) is 11.6 Å². The van der Waals surface area contributed by atoms with Crippen LogP contribution in [0.4, 0.5) is 0 Å². The van der Waals surface area contributed by atoms with Crippen molar-refractivity contribution in [1.29, 1.82) is 0 Å². The van der Waals surface area contributed by atoms with Crippen LogP contribution in [0, 0.1) is 20.8 Å². The molecule has 0 spiro atoms. The first-order chi connectivity index (χ1) is 17.3. The largest absolute Gasteiger partial charge is 0.477 e. The van der Waals surface area contributed by atoms with Gasteiger partial charge in [-0.2, -0.15) is 0 Å². The Balaban J connectivity index is 1.87. The second-order valence-electron chi connectivity index (χ2n) is 9.75. The van der Waals surface area contributed by atoms with Crippen molar-refractivity contribution >= 4 is 10.9 Å². The van der Waals surface area contributed by atoms with E-state index in [2.05, 4.69) is 16.7 Å². The molecule has 6 rings (SSSR count). The van der Waals surface area contributed by atoms with Crippen molar-refractivity contribution in [2.75, 3.05) is 0 Å². The van der Waals surface area contributed by atoms with Crippen LogP contribution in [0.5, 0.6) is 5.75 Å². The van der Waals surface area contributed by atoms with Gasteiger partial charge < -0.3 is 9.30 Å². The highest BCUT2D eigenvalue weighted by atomic mass is 16.5. The summed E-state index contributed by atoms with van der Waals surface area (Å²) in [6.07, 6.45) is -0.500. The van der Waals surface area contributed by atoms with Crippen molar-refractivity contribution in [2.45, 2.75) is 26.9 Å². The molecule has 6 nitrogen and oxygen atoms in total. The normalized spacial score (nSPS) is 14.4. The van der Waals surface area contributed by atoms with E-state index in [9.17, 15) is 9.59 Å². The molecule has 0 bridgehead atoms. The Morgan fingerprint density at radius 1 is 0.778 bits per heavy atom. The summed E-state index contributed by atoms with van der Waals surface area (Å²) in [5, 5.41) is 0.508. The Morgan fingerprint density at radius 3 is 2.19 bits per heavy atom. The summed E-state index contributed by atoms with van der Waals surface area (Å²) in [7, 11) is 3.26. The predicted octanol–water partition coefficient (Wildman–Crippen LogP) is 5.10. The van der Waals surface area contributed by atoms with Crippen LogP contribution in [0.25, 0.3) is 27.8 Å². The van der Waals surface area contributed by atoms with Crippen LogP contribution in [-0.4, -0.2) is 13.7 Å². The Labute approximate surface area is 208 Å². The topological polar surface area (TPSA) is 58.2 Å². The van der Waals surface area contributed by atoms with Gasteiger partial charge in [-0.05, 0) is 49.6 Å². The van der Waals surface area contributed by atoms with E-state index in [4.69, 9.17) is 4.74 Å². The van der Waals surface area contributed by atoms with E-state index in [0.29, 0.717) is 10.9 Å². The second kappa shape index (κ2) is 7.85. The summed E-state index contributed by atoms with van der Waals surface area (Å²) in [5.74, 6) is 0.732. The van der Waals surface area contributed by atoms with Crippen molar-refractivity contribution in [3.05, 3.63) is 116 Å². The van der Waals surface area contributed by atoms with Gasteiger partial charge in [0.15, 0.2) is 6.10 Å². The molecule has 180 valence electrons. The number of hydrogen-bond donors (Lipinski definition) is 0. The van der Waals surface area contributed by atoms with Crippen LogP contribution in [0.2, 0.25) is 0 Å². The van der Waals surface area contributed by atoms with Gasteiger partial charge in [-0.1, -0.05) is 65.7 Å². The maximum atomic E-state index is 13.8. The van der Waals surface area contributed by atoms with E-state index in [1.807, 2.05) is 75.4 Å². The lowest BCUT2D eigenvalue weighted by Crippen LogP contribution is -2.37. The Kier molecular flexibility index (Phi) is 4.83. The predicted molar refractivity (Wildman–Crippen MR) is 142 cm³/mol. The van der Waals surface area contributed by atoms with E-state index in [-0.39, 0.29) is 11.2 Å². The molecule has 1 aliphatic heterocycles. The highest BCUT2D eigenvalue weighted by Gasteiger charge is 2.36. The molecule has 5 aromatic rings. The molecule has 0 saturated carbocycles. The molecule has 3 aromatic carbocycles. The third-order valence-corrected chi connectivity index (χ3v) is 7.13. The first kappa shape index (κ1) is 22.2. The average Bonchev–Trinajstić information content (AvgIpc) is 3.23. The second-order valence-corrected chi connectivity index (χ2v) is 9.75. The minimum atomic E-state index is -0.500. The molecule has 0 fully saturated rings. The molecular weight excluding hydrogens is 450 g/mol. The molecule has 0 N–H and O–H groups in total. The maximum absolute atomic E-state index is 13.8. The van der Waals surface area contributed by atoms with E-state index in [0.717, 1.165) is 50.6 Å². The van der Waals surface area contributed by atoms with Gasteiger partial charge in [-0.25, -0.2) is 4.79 Å². The molecule has 2 aromatic heterocycles. The van der Waals surface area contributed by atoms with Gasteiger partial charge in [-0.15, -0.1) is 0 Å². The number of benzene rings is 3. The summed E-state index contributed by atoms with van der Waals surface area (Å²) in [6, 6.07) is 22.4. The van der Waals surface area contributed by atoms with Crippen LogP contribution in [0.3, 0.4) is 0 Å². The lowest BCUT2D eigenvalue weighted by molar-refractivity contribution is 0.229. The SMILES string of the molecule is Cc1ccc(-c2c3c(=O)n(C)c(=O)n(C)c3c3n2-c2cc(C)ccc2O[C@H]3c2cccc(C)c2)cc1. The van der Waals surface area contributed by atoms with Crippen molar-refractivity contribution in [2.24, 2.45) is 14.1 Å².